The second kappa shape index (κ2) is 4.95. The summed E-state index contributed by atoms with van der Waals surface area (Å²) in [6.07, 6.45) is 1.58. The number of rotatable bonds is 5. The second-order valence-electron chi connectivity index (χ2n) is 2.07. The molecular formula is C7H12N2O2S. The van der Waals surface area contributed by atoms with E-state index in [2.05, 4.69) is 4.98 Å². The van der Waals surface area contributed by atoms with Gasteiger partial charge in [-0.1, -0.05) is 11.3 Å². The first-order valence-electron chi connectivity index (χ1n) is 3.74. The van der Waals surface area contributed by atoms with Gasteiger partial charge in [0.05, 0.1) is 12.8 Å². The number of ether oxygens (including phenoxy) is 2. The molecule has 0 atom stereocenters. The molecule has 1 rings (SSSR count). The Hall–Kier alpha value is -0.810. The van der Waals surface area contributed by atoms with Gasteiger partial charge in [0, 0.05) is 6.61 Å². The van der Waals surface area contributed by atoms with Gasteiger partial charge in [-0.3, -0.25) is 0 Å². The van der Waals surface area contributed by atoms with Crippen molar-refractivity contribution in [1.29, 1.82) is 0 Å². The predicted octanol–water partition coefficient (Wildman–Crippen LogP) is 1.14. The minimum absolute atomic E-state index is 0.529. The van der Waals surface area contributed by atoms with Gasteiger partial charge in [-0.15, -0.1) is 0 Å². The van der Waals surface area contributed by atoms with Gasteiger partial charge in [0.1, 0.15) is 11.6 Å². The van der Waals surface area contributed by atoms with Gasteiger partial charge < -0.3 is 15.2 Å². The molecule has 12 heavy (non-hydrogen) atoms. The molecule has 0 saturated heterocycles. The number of hydrogen-bond acceptors (Lipinski definition) is 5. The van der Waals surface area contributed by atoms with Crippen LogP contribution in [-0.2, 0) is 4.74 Å². The van der Waals surface area contributed by atoms with Gasteiger partial charge in [-0.25, -0.2) is 4.98 Å². The van der Waals surface area contributed by atoms with Crippen molar-refractivity contribution in [1.82, 2.24) is 4.98 Å². The molecule has 0 radical (unpaired) electrons. The van der Waals surface area contributed by atoms with E-state index in [4.69, 9.17) is 15.2 Å². The highest BCUT2D eigenvalue weighted by atomic mass is 32.1. The number of nitrogens with zero attached hydrogens (tertiary/aromatic N) is 1. The normalized spacial score (nSPS) is 10.1. The zero-order valence-electron chi connectivity index (χ0n) is 6.95. The molecule has 0 aliphatic rings. The van der Waals surface area contributed by atoms with Crippen molar-refractivity contribution >= 4 is 16.3 Å². The summed E-state index contributed by atoms with van der Waals surface area (Å²) in [7, 11) is 0. The molecule has 1 heterocycles. The Labute approximate surface area is 75.3 Å². The molecule has 0 amide bonds. The summed E-state index contributed by atoms with van der Waals surface area (Å²) in [5.41, 5.74) is 5.45. The van der Waals surface area contributed by atoms with Gasteiger partial charge in [0.2, 0.25) is 0 Å². The van der Waals surface area contributed by atoms with Crippen molar-refractivity contribution < 1.29 is 9.47 Å². The van der Waals surface area contributed by atoms with Crippen LogP contribution in [0, 0.1) is 0 Å². The largest absolute Gasteiger partial charge is 0.468 e. The molecule has 4 nitrogen and oxygen atoms in total. The van der Waals surface area contributed by atoms with Crippen LogP contribution in [-0.4, -0.2) is 24.8 Å². The number of thiazole rings is 1. The third-order valence-corrected chi connectivity index (χ3v) is 1.90. The van der Waals surface area contributed by atoms with E-state index < -0.39 is 0 Å². The molecule has 68 valence electrons. The van der Waals surface area contributed by atoms with Crippen LogP contribution in [0.15, 0.2) is 6.20 Å². The number of aromatic nitrogens is 1. The fourth-order valence-corrected chi connectivity index (χ4v) is 1.22. The van der Waals surface area contributed by atoms with Gasteiger partial charge in [0.15, 0.2) is 0 Å². The van der Waals surface area contributed by atoms with Crippen LogP contribution in [0.4, 0.5) is 5.00 Å². The Morgan fingerprint density at radius 3 is 3.00 bits per heavy atom. The molecule has 0 saturated carbocycles. The Balaban J connectivity index is 2.15. The second-order valence-corrected chi connectivity index (χ2v) is 3.10. The topological polar surface area (TPSA) is 57.4 Å². The van der Waals surface area contributed by atoms with Crippen molar-refractivity contribution in [3.63, 3.8) is 0 Å². The molecule has 0 bridgehead atoms. The smallest absolute Gasteiger partial charge is 0.275 e. The molecule has 0 aromatic carbocycles. The highest BCUT2D eigenvalue weighted by Crippen LogP contribution is 2.21. The lowest BCUT2D eigenvalue weighted by Crippen LogP contribution is -2.05. The van der Waals surface area contributed by atoms with E-state index in [0.717, 1.165) is 0 Å². The SMILES string of the molecule is CCOCCOc1ncc(N)s1. The molecule has 0 fully saturated rings. The number of nitrogens with two attached hydrogens (primary N) is 1. The van der Waals surface area contributed by atoms with E-state index in [0.29, 0.717) is 30.0 Å². The van der Waals surface area contributed by atoms with Crippen LogP contribution in [0.3, 0.4) is 0 Å². The van der Waals surface area contributed by atoms with Gasteiger partial charge >= 0.3 is 0 Å². The number of nitrogen functional groups attached to an aromatic ring is 1. The molecule has 1 aromatic heterocycles. The average molecular weight is 188 g/mol. The third-order valence-electron chi connectivity index (χ3n) is 1.16. The molecule has 0 aliphatic heterocycles. The summed E-state index contributed by atoms with van der Waals surface area (Å²) in [5, 5.41) is 1.27. The standard InChI is InChI=1S/C7H12N2O2S/c1-2-10-3-4-11-7-9-5-6(8)12-7/h5H,2-4,8H2,1H3. The molecule has 0 spiro atoms. The van der Waals surface area contributed by atoms with Gasteiger partial charge in [0.25, 0.3) is 5.19 Å². The molecular weight excluding hydrogens is 176 g/mol. The average Bonchev–Trinajstić information content (AvgIpc) is 2.45. The fraction of sp³-hybridized carbons (Fsp3) is 0.571. The van der Waals surface area contributed by atoms with E-state index >= 15 is 0 Å². The van der Waals surface area contributed by atoms with Crippen LogP contribution in [0.5, 0.6) is 5.19 Å². The van der Waals surface area contributed by atoms with Crippen molar-refractivity contribution in [2.24, 2.45) is 0 Å². The summed E-state index contributed by atoms with van der Waals surface area (Å²) in [5.74, 6) is 0. The van der Waals surface area contributed by atoms with E-state index in [1.165, 1.54) is 11.3 Å². The minimum atomic E-state index is 0.529. The van der Waals surface area contributed by atoms with Crippen molar-refractivity contribution in [3.8, 4) is 5.19 Å². The Morgan fingerprint density at radius 2 is 2.42 bits per heavy atom. The third kappa shape index (κ3) is 3.06. The van der Waals surface area contributed by atoms with Crippen molar-refractivity contribution in [2.75, 3.05) is 25.6 Å². The molecule has 2 N–H and O–H groups in total. The van der Waals surface area contributed by atoms with Crippen LogP contribution < -0.4 is 10.5 Å². The van der Waals surface area contributed by atoms with Gasteiger partial charge in [-0.05, 0) is 6.92 Å². The van der Waals surface area contributed by atoms with Crippen LogP contribution >= 0.6 is 11.3 Å². The van der Waals surface area contributed by atoms with Crippen LogP contribution in [0.1, 0.15) is 6.92 Å². The van der Waals surface area contributed by atoms with E-state index in [-0.39, 0.29) is 0 Å². The predicted molar refractivity (Wildman–Crippen MR) is 48.5 cm³/mol. The Morgan fingerprint density at radius 1 is 1.58 bits per heavy atom. The molecule has 5 heteroatoms. The lowest BCUT2D eigenvalue weighted by atomic mass is 10.7. The summed E-state index contributed by atoms with van der Waals surface area (Å²) in [6, 6.07) is 0. The summed E-state index contributed by atoms with van der Waals surface area (Å²) >= 11 is 1.33. The lowest BCUT2D eigenvalue weighted by Gasteiger charge is -2.00. The summed E-state index contributed by atoms with van der Waals surface area (Å²) < 4.78 is 10.3. The maximum atomic E-state index is 5.45. The van der Waals surface area contributed by atoms with E-state index in [1.807, 2.05) is 6.92 Å². The van der Waals surface area contributed by atoms with Crippen molar-refractivity contribution in [2.45, 2.75) is 6.92 Å². The molecule has 0 aliphatic carbocycles. The minimum Gasteiger partial charge on any atom is -0.468 e. The fourth-order valence-electron chi connectivity index (χ4n) is 0.669. The first-order valence-corrected chi connectivity index (χ1v) is 4.56. The zero-order chi connectivity index (χ0) is 8.81. The van der Waals surface area contributed by atoms with Crippen LogP contribution in [0.2, 0.25) is 0 Å². The zero-order valence-corrected chi connectivity index (χ0v) is 7.76. The number of anilines is 1. The first-order chi connectivity index (χ1) is 5.83. The monoisotopic (exact) mass is 188 g/mol. The molecule has 1 aromatic rings. The molecule has 0 unspecified atom stereocenters. The van der Waals surface area contributed by atoms with Gasteiger partial charge in [-0.2, -0.15) is 0 Å². The first kappa shape index (κ1) is 9.28. The van der Waals surface area contributed by atoms with Crippen LogP contribution in [0.25, 0.3) is 0 Å². The summed E-state index contributed by atoms with van der Waals surface area (Å²) in [6.45, 7) is 3.78. The van der Waals surface area contributed by atoms with Crippen molar-refractivity contribution in [3.05, 3.63) is 6.20 Å². The number of hydrogen-bond donors (Lipinski definition) is 1. The van der Waals surface area contributed by atoms with E-state index in [1.54, 1.807) is 6.20 Å². The maximum Gasteiger partial charge on any atom is 0.275 e. The Bertz CT molecular complexity index is 227. The quantitative estimate of drug-likeness (QED) is 0.704. The highest BCUT2D eigenvalue weighted by molar-refractivity contribution is 7.17. The maximum absolute atomic E-state index is 5.45. The Kier molecular flexibility index (Phi) is 3.83. The van der Waals surface area contributed by atoms with E-state index in [9.17, 15) is 0 Å². The highest BCUT2D eigenvalue weighted by Gasteiger charge is 1.98. The lowest BCUT2D eigenvalue weighted by molar-refractivity contribution is 0.110. The summed E-state index contributed by atoms with van der Waals surface area (Å²) in [4.78, 5) is 3.93.